The molecule has 1 fully saturated rings. The second-order valence-electron chi connectivity index (χ2n) is 3.19. The van der Waals surface area contributed by atoms with Crippen LogP contribution >= 0.6 is 11.8 Å². The standard InChI is InChI=1S/C7H15NO3S2.Na.H/c9-13(10,11)8-7-3-1-5-12-6-2-4-7;;/h7-8H,1-6H2,(H,9,10,11);;. The second-order valence-corrected chi connectivity index (χ2v) is 5.60. The molecule has 1 rings (SSSR count). The Hall–Kier alpha value is 1.22. The van der Waals surface area contributed by atoms with Crippen LogP contribution in [0, 0.1) is 0 Å². The monoisotopic (exact) mass is 249 g/mol. The van der Waals surface area contributed by atoms with Crippen LogP contribution in [-0.4, -0.2) is 60.1 Å². The summed E-state index contributed by atoms with van der Waals surface area (Å²) in [5.41, 5.74) is 0. The Morgan fingerprint density at radius 2 is 1.71 bits per heavy atom. The summed E-state index contributed by atoms with van der Waals surface area (Å²) in [5.74, 6) is 2.17. The Bertz CT molecular complexity index is 237. The molecule has 4 nitrogen and oxygen atoms in total. The van der Waals surface area contributed by atoms with E-state index in [2.05, 4.69) is 4.72 Å². The fourth-order valence-electron chi connectivity index (χ4n) is 1.44. The number of hydrogen-bond acceptors (Lipinski definition) is 3. The summed E-state index contributed by atoms with van der Waals surface area (Å²) in [7, 11) is -4.01. The average Bonchev–Trinajstić information content (AvgIpc) is 1.92. The first-order valence-electron chi connectivity index (χ1n) is 4.40. The van der Waals surface area contributed by atoms with Gasteiger partial charge in [-0.05, 0) is 37.2 Å². The van der Waals surface area contributed by atoms with Crippen molar-refractivity contribution in [3.05, 3.63) is 0 Å². The molecule has 0 atom stereocenters. The van der Waals surface area contributed by atoms with Crippen molar-refractivity contribution in [1.82, 2.24) is 4.72 Å². The van der Waals surface area contributed by atoms with Crippen LogP contribution in [0.5, 0.6) is 0 Å². The van der Waals surface area contributed by atoms with E-state index in [4.69, 9.17) is 4.55 Å². The van der Waals surface area contributed by atoms with E-state index in [9.17, 15) is 8.42 Å². The van der Waals surface area contributed by atoms with Crippen LogP contribution in [0.15, 0.2) is 0 Å². The zero-order chi connectivity index (χ0) is 9.73. The van der Waals surface area contributed by atoms with Gasteiger partial charge >= 0.3 is 39.9 Å². The molecule has 0 aromatic heterocycles. The van der Waals surface area contributed by atoms with Gasteiger partial charge in [0.25, 0.3) is 0 Å². The van der Waals surface area contributed by atoms with Crippen molar-refractivity contribution in [3.8, 4) is 0 Å². The van der Waals surface area contributed by atoms with E-state index < -0.39 is 10.3 Å². The Morgan fingerprint density at radius 1 is 1.21 bits per heavy atom. The molecule has 14 heavy (non-hydrogen) atoms. The minimum absolute atomic E-state index is 0. The zero-order valence-corrected chi connectivity index (χ0v) is 9.03. The van der Waals surface area contributed by atoms with Crippen LogP contribution in [0.25, 0.3) is 0 Å². The van der Waals surface area contributed by atoms with E-state index in [-0.39, 0.29) is 35.6 Å². The topological polar surface area (TPSA) is 66.4 Å². The van der Waals surface area contributed by atoms with E-state index in [1.165, 1.54) is 0 Å². The van der Waals surface area contributed by atoms with E-state index in [0.717, 1.165) is 37.2 Å². The molecule has 1 saturated heterocycles. The summed E-state index contributed by atoms with van der Waals surface area (Å²) in [4.78, 5) is 0. The van der Waals surface area contributed by atoms with Crippen molar-refractivity contribution < 1.29 is 13.0 Å². The molecule has 2 N–H and O–H groups in total. The summed E-state index contributed by atoms with van der Waals surface area (Å²) in [6.45, 7) is 0. The number of rotatable bonds is 2. The van der Waals surface area contributed by atoms with Gasteiger partial charge in [-0.25, -0.2) is 0 Å². The van der Waals surface area contributed by atoms with Gasteiger partial charge in [-0.2, -0.15) is 24.9 Å². The molecule has 1 aliphatic heterocycles. The fraction of sp³-hybridized carbons (Fsp3) is 1.00. The molecule has 7 heteroatoms. The number of hydrogen-bond donors (Lipinski definition) is 2. The van der Waals surface area contributed by atoms with Crippen molar-refractivity contribution in [2.24, 2.45) is 0 Å². The normalized spacial score (nSPS) is 20.6. The minimum atomic E-state index is -4.01. The maximum atomic E-state index is 10.5. The third-order valence-corrected chi connectivity index (χ3v) is 3.78. The van der Waals surface area contributed by atoms with E-state index >= 15 is 0 Å². The predicted octanol–water partition coefficient (Wildman–Crippen LogP) is 0.406. The van der Waals surface area contributed by atoms with Gasteiger partial charge in [-0.3, -0.25) is 4.55 Å². The average molecular weight is 249 g/mol. The number of thioether (sulfide) groups is 1. The molecule has 0 aromatic rings. The van der Waals surface area contributed by atoms with Gasteiger partial charge in [0, 0.05) is 6.04 Å². The number of nitrogens with one attached hydrogen (secondary N) is 1. The molecule has 1 aliphatic rings. The molecular formula is C7H16NNaO3S2. The van der Waals surface area contributed by atoms with E-state index in [1.807, 2.05) is 11.8 Å². The Morgan fingerprint density at radius 3 is 2.14 bits per heavy atom. The van der Waals surface area contributed by atoms with Crippen molar-refractivity contribution in [1.29, 1.82) is 0 Å². The van der Waals surface area contributed by atoms with Crippen LogP contribution in [0.2, 0.25) is 0 Å². The molecule has 0 bridgehead atoms. The zero-order valence-electron chi connectivity index (χ0n) is 7.40. The first kappa shape index (κ1) is 15.2. The SMILES string of the molecule is O=S(=O)(O)NC1CCCSCCC1.[NaH]. The molecule has 80 valence electrons. The van der Waals surface area contributed by atoms with Gasteiger partial charge in [0.15, 0.2) is 0 Å². The summed E-state index contributed by atoms with van der Waals surface area (Å²) in [6.07, 6.45) is 3.68. The molecule has 0 aromatic carbocycles. The quantitative estimate of drug-likeness (QED) is 0.549. The summed E-state index contributed by atoms with van der Waals surface area (Å²) < 4.78 is 31.9. The van der Waals surface area contributed by atoms with Crippen molar-refractivity contribution in [2.75, 3.05) is 11.5 Å². The Kier molecular flexibility index (Phi) is 8.14. The van der Waals surface area contributed by atoms with Gasteiger partial charge in [-0.15, -0.1) is 0 Å². The molecule has 0 aliphatic carbocycles. The van der Waals surface area contributed by atoms with Crippen LogP contribution in [0.4, 0.5) is 0 Å². The van der Waals surface area contributed by atoms with Gasteiger partial charge in [0.05, 0.1) is 0 Å². The molecular weight excluding hydrogens is 233 g/mol. The Balaban J connectivity index is 0.00000169. The van der Waals surface area contributed by atoms with Gasteiger partial charge in [0.1, 0.15) is 0 Å². The summed E-state index contributed by atoms with van der Waals surface area (Å²) >= 11 is 1.91. The van der Waals surface area contributed by atoms with E-state index in [0.29, 0.717) is 0 Å². The molecule has 0 spiro atoms. The van der Waals surface area contributed by atoms with Crippen LogP contribution in [-0.2, 0) is 10.3 Å². The third-order valence-electron chi connectivity index (χ3n) is 2.00. The summed E-state index contributed by atoms with van der Waals surface area (Å²) in [5, 5.41) is 0. The third kappa shape index (κ3) is 7.50. The van der Waals surface area contributed by atoms with Crippen molar-refractivity contribution in [2.45, 2.75) is 31.7 Å². The summed E-state index contributed by atoms with van der Waals surface area (Å²) in [6, 6.07) is -0.0732. The van der Waals surface area contributed by atoms with Crippen molar-refractivity contribution >= 4 is 51.6 Å². The Labute approximate surface area is 112 Å². The first-order valence-corrected chi connectivity index (χ1v) is 7.00. The molecule has 0 amide bonds. The van der Waals surface area contributed by atoms with Gasteiger partial charge in [0.2, 0.25) is 0 Å². The molecule has 0 radical (unpaired) electrons. The molecule has 0 saturated carbocycles. The second kappa shape index (κ2) is 7.49. The van der Waals surface area contributed by atoms with Gasteiger partial charge in [-0.1, -0.05) is 0 Å². The predicted molar refractivity (Wildman–Crippen MR) is 61.4 cm³/mol. The van der Waals surface area contributed by atoms with Crippen molar-refractivity contribution in [3.63, 3.8) is 0 Å². The van der Waals surface area contributed by atoms with Crippen LogP contribution in [0.1, 0.15) is 25.7 Å². The maximum absolute atomic E-state index is 10.5. The molecule has 0 unspecified atom stereocenters. The van der Waals surface area contributed by atoms with Gasteiger partial charge < -0.3 is 0 Å². The first-order chi connectivity index (χ1) is 6.08. The van der Waals surface area contributed by atoms with Crippen LogP contribution < -0.4 is 4.72 Å². The van der Waals surface area contributed by atoms with Crippen LogP contribution in [0.3, 0.4) is 0 Å². The van der Waals surface area contributed by atoms with E-state index in [1.54, 1.807) is 0 Å². The molecule has 1 heterocycles. The fourth-order valence-corrected chi connectivity index (χ4v) is 3.04.